The van der Waals surface area contributed by atoms with Crippen molar-refractivity contribution in [3.05, 3.63) is 53.2 Å². The number of anilines is 1. The van der Waals surface area contributed by atoms with Crippen molar-refractivity contribution in [1.82, 2.24) is 14.9 Å². The van der Waals surface area contributed by atoms with Crippen LogP contribution in [0.4, 0.5) is 5.82 Å². The Labute approximate surface area is 160 Å². The summed E-state index contributed by atoms with van der Waals surface area (Å²) < 4.78 is 6.84. The first-order chi connectivity index (χ1) is 13.3. The minimum absolute atomic E-state index is 0.0631. The van der Waals surface area contributed by atoms with E-state index in [1.54, 1.807) is 17.7 Å². The van der Waals surface area contributed by atoms with Crippen LogP contribution in [0.25, 0.3) is 16.3 Å². The van der Waals surface area contributed by atoms with Crippen molar-refractivity contribution in [2.24, 2.45) is 0 Å². The van der Waals surface area contributed by atoms with Gasteiger partial charge >= 0.3 is 0 Å². The fourth-order valence-electron chi connectivity index (χ4n) is 3.57. The lowest BCUT2D eigenvalue weighted by atomic mass is 10.1. The molecule has 7 heteroatoms. The predicted octanol–water partition coefficient (Wildman–Crippen LogP) is 2.82. The van der Waals surface area contributed by atoms with Crippen molar-refractivity contribution >= 4 is 39.4 Å². The third kappa shape index (κ3) is 2.94. The van der Waals surface area contributed by atoms with E-state index in [2.05, 4.69) is 14.9 Å². The van der Waals surface area contributed by atoms with Crippen LogP contribution in [-0.2, 0) is 4.79 Å². The largest absolute Gasteiger partial charge is 0.488 e. The van der Waals surface area contributed by atoms with Crippen molar-refractivity contribution < 1.29 is 9.53 Å². The molecule has 136 valence electrons. The third-order valence-corrected chi connectivity index (χ3v) is 5.90. The summed E-state index contributed by atoms with van der Waals surface area (Å²) in [4.78, 5) is 25.8. The second-order valence-corrected chi connectivity index (χ2v) is 7.52. The Morgan fingerprint density at radius 1 is 1.07 bits per heavy atom. The highest BCUT2D eigenvalue weighted by Crippen LogP contribution is 2.29. The standard InChI is InChI=1S/C20H18N4O2S/c25-20(15-11-14-3-1-2-4-17(14)26-12-15)24-8-6-23(7-9-24)19-18-16(5-10-27-18)21-13-22-19/h1-5,10-11,13H,6-9,12H2. The molecular formula is C20H18N4O2S. The van der Waals surface area contributed by atoms with Crippen LogP contribution in [0.2, 0.25) is 0 Å². The van der Waals surface area contributed by atoms with Crippen molar-refractivity contribution in [3.8, 4) is 5.75 Å². The smallest absolute Gasteiger partial charge is 0.253 e. The number of hydrogen-bond donors (Lipinski definition) is 0. The summed E-state index contributed by atoms with van der Waals surface area (Å²) in [5, 5.41) is 2.04. The average Bonchev–Trinajstić information content (AvgIpc) is 3.22. The molecule has 6 nitrogen and oxygen atoms in total. The van der Waals surface area contributed by atoms with E-state index < -0.39 is 0 Å². The van der Waals surface area contributed by atoms with Gasteiger partial charge in [-0.25, -0.2) is 9.97 Å². The number of piperazine rings is 1. The van der Waals surface area contributed by atoms with Crippen LogP contribution in [0.5, 0.6) is 5.75 Å². The lowest BCUT2D eigenvalue weighted by Crippen LogP contribution is -2.49. The van der Waals surface area contributed by atoms with Crippen molar-refractivity contribution in [3.63, 3.8) is 0 Å². The lowest BCUT2D eigenvalue weighted by molar-refractivity contribution is -0.127. The maximum atomic E-state index is 12.9. The molecule has 1 saturated heterocycles. The highest BCUT2D eigenvalue weighted by molar-refractivity contribution is 7.17. The summed E-state index contributed by atoms with van der Waals surface area (Å²) in [7, 11) is 0. The van der Waals surface area contributed by atoms with Crippen molar-refractivity contribution in [1.29, 1.82) is 0 Å². The molecule has 0 saturated carbocycles. The van der Waals surface area contributed by atoms with Gasteiger partial charge in [0, 0.05) is 31.7 Å². The van der Waals surface area contributed by atoms with E-state index in [0.29, 0.717) is 25.3 Å². The Morgan fingerprint density at radius 3 is 2.81 bits per heavy atom. The average molecular weight is 378 g/mol. The highest BCUT2D eigenvalue weighted by atomic mass is 32.1. The number of amides is 1. The first-order valence-electron chi connectivity index (χ1n) is 8.94. The zero-order valence-electron chi connectivity index (χ0n) is 14.7. The molecule has 5 rings (SSSR count). The van der Waals surface area contributed by atoms with Crippen LogP contribution < -0.4 is 9.64 Å². The van der Waals surface area contributed by atoms with Crippen LogP contribution in [0.15, 0.2) is 47.6 Å². The third-order valence-electron chi connectivity index (χ3n) is 5.00. The summed E-state index contributed by atoms with van der Waals surface area (Å²) in [6.45, 7) is 3.21. The summed E-state index contributed by atoms with van der Waals surface area (Å²) in [5.41, 5.74) is 2.66. The Bertz CT molecular complexity index is 1040. The predicted molar refractivity (Wildman–Crippen MR) is 106 cm³/mol. The van der Waals surface area contributed by atoms with E-state index in [4.69, 9.17) is 4.74 Å². The van der Waals surface area contributed by atoms with E-state index in [-0.39, 0.29) is 5.91 Å². The maximum absolute atomic E-state index is 12.9. The number of benzene rings is 1. The van der Waals surface area contributed by atoms with Gasteiger partial charge in [0.15, 0.2) is 0 Å². The summed E-state index contributed by atoms with van der Waals surface area (Å²) in [6, 6.07) is 9.81. The molecule has 0 aliphatic carbocycles. The second-order valence-electron chi connectivity index (χ2n) is 6.61. The van der Waals surface area contributed by atoms with Crippen LogP contribution in [0, 0.1) is 0 Å². The quantitative estimate of drug-likeness (QED) is 0.686. The molecule has 1 amide bonds. The maximum Gasteiger partial charge on any atom is 0.253 e. The number of thiophene rings is 1. The van der Waals surface area contributed by atoms with Crippen LogP contribution >= 0.6 is 11.3 Å². The summed E-state index contributed by atoms with van der Waals surface area (Å²) >= 11 is 1.66. The van der Waals surface area contributed by atoms with Crippen molar-refractivity contribution in [2.45, 2.75) is 0 Å². The number of fused-ring (bicyclic) bond motifs is 2. The molecule has 0 radical (unpaired) electrons. The Hall–Kier alpha value is -2.93. The Morgan fingerprint density at radius 2 is 1.93 bits per heavy atom. The molecule has 0 atom stereocenters. The molecular weight excluding hydrogens is 360 g/mol. The number of carbonyl (C=O) groups is 1. The Balaban J connectivity index is 1.30. The number of ether oxygens (including phenoxy) is 1. The molecule has 0 N–H and O–H groups in total. The molecule has 27 heavy (non-hydrogen) atoms. The molecule has 4 heterocycles. The van der Waals surface area contributed by atoms with Gasteiger partial charge in [-0.1, -0.05) is 18.2 Å². The van der Waals surface area contributed by atoms with E-state index in [0.717, 1.165) is 40.4 Å². The minimum atomic E-state index is 0.0631. The van der Waals surface area contributed by atoms with Crippen molar-refractivity contribution in [2.75, 3.05) is 37.7 Å². The van der Waals surface area contributed by atoms with E-state index in [1.165, 1.54) is 0 Å². The fraction of sp³-hybridized carbons (Fsp3) is 0.250. The van der Waals surface area contributed by atoms with Gasteiger partial charge in [-0.15, -0.1) is 11.3 Å². The molecule has 1 fully saturated rings. The van der Waals surface area contributed by atoms with E-state index in [9.17, 15) is 4.79 Å². The zero-order chi connectivity index (χ0) is 18.2. The van der Waals surface area contributed by atoms with Gasteiger partial charge in [0.2, 0.25) is 0 Å². The fourth-order valence-corrected chi connectivity index (χ4v) is 4.43. The molecule has 0 bridgehead atoms. The number of aromatic nitrogens is 2. The first-order valence-corrected chi connectivity index (χ1v) is 9.82. The van der Waals surface area contributed by atoms with Gasteiger partial charge in [0.05, 0.1) is 15.8 Å². The number of nitrogens with zero attached hydrogens (tertiary/aromatic N) is 4. The number of para-hydroxylation sites is 1. The molecule has 0 spiro atoms. The van der Waals surface area contributed by atoms with Gasteiger partial charge in [0.25, 0.3) is 5.91 Å². The normalized spacial score (nSPS) is 16.7. The molecule has 0 unspecified atom stereocenters. The van der Waals surface area contributed by atoms with Gasteiger partial charge in [-0.3, -0.25) is 4.79 Å². The number of rotatable bonds is 2. The topological polar surface area (TPSA) is 58.6 Å². The van der Waals surface area contributed by atoms with E-state index >= 15 is 0 Å². The van der Waals surface area contributed by atoms with Gasteiger partial charge < -0.3 is 14.5 Å². The SMILES string of the molecule is O=C(C1=Cc2ccccc2OC1)N1CCN(c2ncnc3ccsc23)CC1. The highest BCUT2D eigenvalue weighted by Gasteiger charge is 2.27. The van der Waals surface area contributed by atoms with E-state index in [1.807, 2.05) is 46.7 Å². The molecule has 2 aliphatic heterocycles. The second kappa shape index (κ2) is 6.66. The Kier molecular flexibility index (Phi) is 4.01. The van der Waals surface area contributed by atoms with Crippen LogP contribution in [0.3, 0.4) is 0 Å². The summed E-state index contributed by atoms with van der Waals surface area (Å²) in [5.74, 6) is 1.87. The lowest BCUT2D eigenvalue weighted by Gasteiger charge is -2.36. The van der Waals surface area contributed by atoms with Gasteiger partial charge in [0.1, 0.15) is 24.5 Å². The number of hydrogen-bond acceptors (Lipinski definition) is 6. The number of carbonyl (C=O) groups excluding carboxylic acids is 1. The van der Waals surface area contributed by atoms with Crippen LogP contribution in [-0.4, -0.2) is 53.6 Å². The van der Waals surface area contributed by atoms with Gasteiger partial charge in [-0.2, -0.15) is 0 Å². The van der Waals surface area contributed by atoms with Gasteiger partial charge in [-0.05, 0) is 23.6 Å². The zero-order valence-corrected chi connectivity index (χ0v) is 15.5. The summed E-state index contributed by atoms with van der Waals surface area (Å²) in [6.07, 6.45) is 3.57. The molecule has 1 aromatic carbocycles. The minimum Gasteiger partial charge on any atom is -0.488 e. The first kappa shape index (κ1) is 16.3. The molecule has 2 aromatic heterocycles. The molecule has 2 aliphatic rings. The van der Waals surface area contributed by atoms with Crippen LogP contribution in [0.1, 0.15) is 5.56 Å². The molecule has 3 aromatic rings. The monoisotopic (exact) mass is 378 g/mol.